The maximum absolute atomic E-state index is 10.4. The Kier molecular flexibility index (Phi) is 2.74. The van der Waals surface area contributed by atoms with E-state index in [1.807, 2.05) is 13.0 Å². The molecule has 0 aliphatic rings. The van der Waals surface area contributed by atoms with Crippen molar-refractivity contribution in [1.82, 2.24) is 0 Å². The van der Waals surface area contributed by atoms with Crippen molar-refractivity contribution in [3.8, 4) is 0 Å². The molecular formula is C9H12N3O+. The van der Waals surface area contributed by atoms with Crippen LogP contribution in [0.1, 0.15) is 5.56 Å². The second-order valence-corrected chi connectivity index (χ2v) is 2.82. The van der Waals surface area contributed by atoms with Crippen molar-refractivity contribution < 1.29 is 10.3 Å². The van der Waals surface area contributed by atoms with E-state index < -0.39 is 0 Å². The quantitative estimate of drug-likeness (QED) is 0.529. The maximum atomic E-state index is 10.4. The number of amides is 1. The first-order valence-corrected chi connectivity index (χ1v) is 3.88. The van der Waals surface area contributed by atoms with Crippen molar-refractivity contribution in [2.75, 3.05) is 11.9 Å². The van der Waals surface area contributed by atoms with Gasteiger partial charge in [-0.3, -0.25) is 4.79 Å². The van der Waals surface area contributed by atoms with Gasteiger partial charge in [-0.2, -0.15) is 5.53 Å². The highest BCUT2D eigenvalue weighted by Crippen LogP contribution is 2.22. The molecular weight excluding hydrogens is 166 g/mol. The number of nitrogens with two attached hydrogens (primary N) is 1. The van der Waals surface area contributed by atoms with E-state index in [-0.39, 0.29) is 0 Å². The van der Waals surface area contributed by atoms with Crippen LogP contribution in [0.3, 0.4) is 0 Å². The summed E-state index contributed by atoms with van der Waals surface area (Å²) >= 11 is 0. The first-order valence-electron chi connectivity index (χ1n) is 3.88. The number of hydrogen-bond donors (Lipinski definition) is 1. The molecule has 0 aliphatic carbocycles. The Balaban J connectivity index is 3.08. The zero-order valence-corrected chi connectivity index (χ0v) is 7.69. The molecule has 0 saturated carbocycles. The van der Waals surface area contributed by atoms with Crippen LogP contribution in [0.5, 0.6) is 0 Å². The number of rotatable bonds is 3. The van der Waals surface area contributed by atoms with Crippen LogP contribution < -0.4 is 10.4 Å². The van der Waals surface area contributed by atoms with Crippen molar-refractivity contribution in [3.63, 3.8) is 0 Å². The van der Waals surface area contributed by atoms with Crippen LogP contribution >= 0.6 is 0 Å². The van der Waals surface area contributed by atoms with Crippen LogP contribution in [0.4, 0.5) is 11.4 Å². The molecule has 1 aromatic carbocycles. The van der Waals surface area contributed by atoms with E-state index in [2.05, 4.69) is 5.11 Å². The lowest BCUT2D eigenvalue weighted by Crippen LogP contribution is -2.22. The van der Waals surface area contributed by atoms with Crippen LogP contribution in [0.15, 0.2) is 23.3 Å². The number of nitrogens with zero attached hydrogens (tertiary/aromatic N) is 2. The summed E-state index contributed by atoms with van der Waals surface area (Å²) in [5.41, 5.74) is 7.68. The zero-order valence-electron chi connectivity index (χ0n) is 7.69. The topological polar surface area (TPSA) is 58.3 Å². The molecule has 0 radical (unpaired) electrons. The van der Waals surface area contributed by atoms with Crippen LogP contribution in [0.25, 0.3) is 0 Å². The molecule has 1 aromatic rings. The summed E-state index contributed by atoms with van der Waals surface area (Å²) in [6.45, 7) is 1.90. The van der Waals surface area contributed by atoms with Gasteiger partial charge in [0.15, 0.2) is 0 Å². The minimum absolute atomic E-state index is 0.739. The number of benzene rings is 1. The highest BCUT2D eigenvalue weighted by atomic mass is 16.1. The monoisotopic (exact) mass is 178 g/mol. The van der Waals surface area contributed by atoms with E-state index >= 15 is 0 Å². The summed E-state index contributed by atoms with van der Waals surface area (Å²) in [6.07, 6.45) is 0.758. The number of anilines is 1. The van der Waals surface area contributed by atoms with Gasteiger partial charge in [0.1, 0.15) is 5.69 Å². The van der Waals surface area contributed by atoms with Crippen molar-refractivity contribution in [3.05, 3.63) is 23.8 Å². The summed E-state index contributed by atoms with van der Waals surface area (Å²) in [5.74, 6) is 0. The Morgan fingerprint density at radius 2 is 2.23 bits per heavy atom. The molecule has 13 heavy (non-hydrogen) atoms. The molecule has 0 saturated heterocycles. The number of aryl methyl sites for hydroxylation is 1. The molecule has 0 spiro atoms. The minimum atomic E-state index is 0.739. The van der Waals surface area contributed by atoms with E-state index in [1.54, 1.807) is 19.2 Å². The van der Waals surface area contributed by atoms with E-state index in [4.69, 9.17) is 5.53 Å². The molecule has 0 aliphatic heterocycles. The van der Waals surface area contributed by atoms with Gasteiger partial charge in [0, 0.05) is 12.7 Å². The highest BCUT2D eigenvalue weighted by Gasteiger charge is 2.03. The first-order chi connectivity index (χ1) is 6.19. The Hall–Kier alpha value is -1.71. The van der Waals surface area contributed by atoms with Gasteiger partial charge in [-0.15, -0.1) is 0 Å². The predicted octanol–water partition coefficient (Wildman–Crippen LogP) is 0.430. The van der Waals surface area contributed by atoms with Gasteiger partial charge < -0.3 is 4.90 Å². The molecule has 4 heteroatoms. The predicted molar refractivity (Wildman–Crippen MR) is 49.7 cm³/mol. The number of carbonyl (C=O) groups excluding carboxylic acids is 1. The average molecular weight is 178 g/mol. The lowest BCUT2D eigenvalue weighted by molar-refractivity contribution is -0.210. The smallest absolute Gasteiger partial charge is 0.213 e. The third-order valence-electron chi connectivity index (χ3n) is 1.88. The summed E-state index contributed by atoms with van der Waals surface area (Å²) < 4.78 is 0. The zero-order chi connectivity index (χ0) is 9.84. The normalized spacial score (nSPS) is 9.38. The largest absolute Gasteiger partial charge is 0.318 e. The second-order valence-electron chi connectivity index (χ2n) is 2.82. The molecule has 1 rings (SSSR count). The van der Waals surface area contributed by atoms with Gasteiger partial charge in [-0.1, -0.05) is 0 Å². The Labute approximate surface area is 76.7 Å². The van der Waals surface area contributed by atoms with Crippen LogP contribution in [-0.2, 0) is 4.79 Å². The van der Waals surface area contributed by atoms with Crippen LogP contribution in [0.2, 0.25) is 0 Å². The van der Waals surface area contributed by atoms with E-state index in [0.717, 1.165) is 23.3 Å². The fourth-order valence-corrected chi connectivity index (χ4v) is 1.06. The summed E-state index contributed by atoms with van der Waals surface area (Å²) in [6, 6.07) is 5.44. The molecule has 0 bridgehead atoms. The van der Waals surface area contributed by atoms with Gasteiger partial charge in [0.25, 0.3) is 0 Å². The maximum Gasteiger partial charge on any atom is 0.213 e. The van der Waals surface area contributed by atoms with Crippen molar-refractivity contribution >= 4 is 17.8 Å². The molecule has 2 N–H and O–H groups in total. The summed E-state index contributed by atoms with van der Waals surface area (Å²) in [4.78, 5) is 11.9. The molecule has 0 heterocycles. The molecule has 0 aromatic heterocycles. The molecule has 68 valence electrons. The van der Waals surface area contributed by atoms with Crippen molar-refractivity contribution in [1.29, 1.82) is 0 Å². The lowest BCUT2D eigenvalue weighted by Gasteiger charge is -2.10. The second kappa shape index (κ2) is 3.80. The number of hydrogen-bond acceptors (Lipinski definition) is 2. The average Bonchev–Trinajstić information content (AvgIpc) is 2.16. The standard InChI is InChI=1S/C9H11N3O/c1-7-5-8(12(2)6-13)3-4-9(7)11-10/h3-6,10H,1-2H3/p+1. The van der Waals surface area contributed by atoms with Gasteiger partial charge >= 0.3 is 0 Å². The first kappa shape index (κ1) is 9.38. The van der Waals surface area contributed by atoms with Gasteiger partial charge in [0.05, 0.1) is 0 Å². The van der Waals surface area contributed by atoms with Crippen molar-refractivity contribution in [2.45, 2.75) is 6.92 Å². The fourth-order valence-electron chi connectivity index (χ4n) is 1.06. The van der Waals surface area contributed by atoms with Crippen molar-refractivity contribution in [2.24, 2.45) is 5.11 Å². The summed E-state index contributed by atoms with van der Waals surface area (Å²) in [7, 11) is 1.70. The Bertz CT molecular complexity index is 336. The lowest BCUT2D eigenvalue weighted by atomic mass is 10.2. The molecule has 4 nitrogen and oxygen atoms in total. The Morgan fingerprint density at radius 3 is 2.69 bits per heavy atom. The summed E-state index contributed by atoms with van der Waals surface area (Å²) in [5, 5.41) is 3.59. The third kappa shape index (κ3) is 1.90. The van der Waals surface area contributed by atoms with Crippen LogP contribution in [-0.4, -0.2) is 13.5 Å². The van der Waals surface area contributed by atoms with E-state index in [0.29, 0.717) is 0 Å². The Morgan fingerprint density at radius 1 is 1.54 bits per heavy atom. The minimum Gasteiger partial charge on any atom is -0.318 e. The SMILES string of the molecule is Cc1cc(N(C)C=O)ccc1N=[NH2+]. The fraction of sp³-hybridized carbons (Fsp3) is 0.222. The van der Waals surface area contributed by atoms with Gasteiger partial charge in [0.2, 0.25) is 6.41 Å². The molecule has 1 amide bonds. The van der Waals surface area contributed by atoms with E-state index in [9.17, 15) is 4.79 Å². The highest BCUT2D eigenvalue weighted by molar-refractivity contribution is 5.75. The van der Waals surface area contributed by atoms with E-state index in [1.165, 1.54) is 4.90 Å². The van der Waals surface area contributed by atoms with Gasteiger partial charge in [-0.05, 0) is 35.8 Å². The number of carbonyl (C=O) groups is 1. The van der Waals surface area contributed by atoms with Gasteiger partial charge in [-0.25, -0.2) is 0 Å². The van der Waals surface area contributed by atoms with Crippen LogP contribution in [0, 0.1) is 6.92 Å². The molecule has 0 atom stereocenters. The molecule has 0 unspecified atom stereocenters. The third-order valence-corrected chi connectivity index (χ3v) is 1.88. The molecule has 0 fully saturated rings.